The Morgan fingerprint density at radius 1 is 1.60 bits per heavy atom. The third kappa shape index (κ3) is 3.81. The molecule has 0 saturated carbocycles. The zero-order valence-corrected chi connectivity index (χ0v) is 12.2. The summed E-state index contributed by atoms with van der Waals surface area (Å²) in [6.45, 7) is 9.29. The summed E-state index contributed by atoms with van der Waals surface area (Å²) in [7, 11) is 1.48. The lowest BCUT2D eigenvalue weighted by Crippen LogP contribution is -2.13. The van der Waals surface area contributed by atoms with E-state index in [9.17, 15) is 4.79 Å². The number of allylic oxidation sites excluding steroid dienone is 1. The SMILES string of the molecule is C=C(N=C(OC)C(=CC)n1cnc(C)c1)C(=O)OCC. The first kappa shape index (κ1) is 15.7. The number of rotatable bonds is 5. The molecule has 0 spiro atoms. The monoisotopic (exact) mass is 277 g/mol. The van der Waals surface area contributed by atoms with Gasteiger partial charge in [0.15, 0.2) is 0 Å². The number of ether oxygens (including phenoxy) is 2. The number of aliphatic imine (C=N–C) groups is 1. The second kappa shape index (κ2) is 7.28. The number of esters is 1. The second-order valence-corrected chi connectivity index (χ2v) is 3.88. The molecule has 0 amide bonds. The van der Waals surface area contributed by atoms with Gasteiger partial charge in [-0.15, -0.1) is 0 Å². The molecule has 0 aliphatic heterocycles. The number of carbonyl (C=O) groups excluding carboxylic acids is 1. The zero-order chi connectivity index (χ0) is 15.1. The summed E-state index contributed by atoms with van der Waals surface area (Å²) in [5.41, 5.74) is 1.52. The van der Waals surface area contributed by atoms with Crippen molar-refractivity contribution in [1.82, 2.24) is 9.55 Å². The molecule has 1 heterocycles. The van der Waals surface area contributed by atoms with Gasteiger partial charge in [-0.05, 0) is 20.8 Å². The summed E-state index contributed by atoms with van der Waals surface area (Å²) in [6.07, 6.45) is 5.28. The van der Waals surface area contributed by atoms with Crippen LogP contribution in [-0.4, -0.2) is 35.1 Å². The maximum atomic E-state index is 11.5. The van der Waals surface area contributed by atoms with Crippen molar-refractivity contribution >= 4 is 17.6 Å². The third-order valence-corrected chi connectivity index (χ3v) is 2.42. The van der Waals surface area contributed by atoms with Gasteiger partial charge in [-0.2, -0.15) is 0 Å². The van der Waals surface area contributed by atoms with Crippen LogP contribution in [0, 0.1) is 6.92 Å². The Balaban J connectivity index is 3.05. The average Bonchev–Trinajstić information content (AvgIpc) is 2.84. The Morgan fingerprint density at radius 3 is 2.75 bits per heavy atom. The summed E-state index contributed by atoms with van der Waals surface area (Å²) >= 11 is 0. The molecule has 0 bridgehead atoms. The van der Waals surface area contributed by atoms with Crippen LogP contribution in [0.1, 0.15) is 19.5 Å². The average molecular weight is 277 g/mol. The lowest BCUT2D eigenvalue weighted by Gasteiger charge is -2.10. The molecule has 6 heteroatoms. The first-order valence-electron chi connectivity index (χ1n) is 6.19. The number of nitrogens with zero attached hydrogens (tertiary/aromatic N) is 3. The van der Waals surface area contributed by atoms with Crippen LogP contribution >= 0.6 is 0 Å². The van der Waals surface area contributed by atoms with Crippen molar-refractivity contribution in [3.8, 4) is 0 Å². The summed E-state index contributed by atoms with van der Waals surface area (Å²) in [4.78, 5) is 19.7. The van der Waals surface area contributed by atoms with Gasteiger partial charge in [-0.25, -0.2) is 14.8 Å². The van der Waals surface area contributed by atoms with Crippen LogP contribution in [0.5, 0.6) is 0 Å². The predicted octanol–water partition coefficient (Wildman–Crippen LogP) is 2.17. The normalized spacial score (nSPS) is 12.2. The highest BCUT2D eigenvalue weighted by Gasteiger charge is 2.13. The van der Waals surface area contributed by atoms with E-state index in [-0.39, 0.29) is 18.2 Å². The Labute approximate surface area is 118 Å². The van der Waals surface area contributed by atoms with Gasteiger partial charge in [0.1, 0.15) is 11.4 Å². The number of aromatic nitrogens is 2. The van der Waals surface area contributed by atoms with E-state index in [1.165, 1.54) is 7.11 Å². The highest BCUT2D eigenvalue weighted by Crippen LogP contribution is 2.11. The molecule has 0 aromatic carbocycles. The van der Waals surface area contributed by atoms with Crippen molar-refractivity contribution in [3.63, 3.8) is 0 Å². The van der Waals surface area contributed by atoms with E-state index >= 15 is 0 Å². The lowest BCUT2D eigenvalue weighted by molar-refractivity contribution is -0.138. The van der Waals surface area contributed by atoms with Crippen LogP contribution in [0.2, 0.25) is 0 Å². The minimum absolute atomic E-state index is 0.0140. The van der Waals surface area contributed by atoms with E-state index < -0.39 is 5.97 Å². The Kier molecular flexibility index (Phi) is 5.71. The highest BCUT2D eigenvalue weighted by molar-refractivity contribution is 6.14. The number of hydrogen-bond acceptors (Lipinski definition) is 5. The highest BCUT2D eigenvalue weighted by atomic mass is 16.5. The van der Waals surface area contributed by atoms with E-state index in [4.69, 9.17) is 9.47 Å². The standard InChI is InChI=1S/C14H19N3O3/c1-6-12(17-8-10(3)15-9-17)13(19-5)16-11(4)14(18)20-7-2/h6,8-9H,4,7H2,1-3,5H3. The van der Waals surface area contributed by atoms with E-state index in [1.54, 1.807) is 17.8 Å². The van der Waals surface area contributed by atoms with Gasteiger partial charge in [0, 0.05) is 6.20 Å². The van der Waals surface area contributed by atoms with Crippen molar-refractivity contribution in [2.75, 3.05) is 13.7 Å². The number of hydrogen-bond donors (Lipinski definition) is 0. The summed E-state index contributed by atoms with van der Waals surface area (Å²) in [5, 5.41) is 0. The van der Waals surface area contributed by atoms with Crippen molar-refractivity contribution in [2.24, 2.45) is 4.99 Å². The molecule has 6 nitrogen and oxygen atoms in total. The van der Waals surface area contributed by atoms with Crippen LogP contribution in [-0.2, 0) is 14.3 Å². The van der Waals surface area contributed by atoms with Gasteiger partial charge in [0.25, 0.3) is 0 Å². The molecular formula is C14H19N3O3. The smallest absolute Gasteiger partial charge is 0.356 e. The maximum Gasteiger partial charge on any atom is 0.356 e. The Hall–Kier alpha value is -2.37. The quantitative estimate of drug-likeness (QED) is 0.358. The van der Waals surface area contributed by atoms with Crippen LogP contribution < -0.4 is 0 Å². The topological polar surface area (TPSA) is 65.7 Å². The summed E-state index contributed by atoms with van der Waals surface area (Å²) < 4.78 is 11.8. The van der Waals surface area contributed by atoms with Gasteiger partial charge in [-0.1, -0.05) is 12.7 Å². The van der Waals surface area contributed by atoms with Crippen molar-refractivity contribution in [2.45, 2.75) is 20.8 Å². The fraction of sp³-hybridized carbons (Fsp3) is 0.357. The Morgan fingerprint density at radius 2 is 2.30 bits per heavy atom. The number of carbonyl (C=O) groups is 1. The van der Waals surface area contributed by atoms with E-state index in [0.29, 0.717) is 5.70 Å². The molecule has 1 aromatic rings. The van der Waals surface area contributed by atoms with Gasteiger partial charge in [0.2, 0.25) is 5.90 Å². The third-order valence-electron chi connectivity index (χ3n) is 2.42. The number of aryl methyl sites for hydroxylation is 1. The van der Waals surface area contributed by atoms with Gasteiger partial charge in [-0.3, -0.25) is 0 Å². The summed E-state index contributed by atoms with van der Waals surface area (Å²) in [6, 6.07) is 0. The van der Waals surface area contributed by atoms with E-state index in [1.807, 2.05) is 26.1 Å². The minimum atomic E-state index is -0.570. The molecule has 0 radical (unpaired) electrons. The van der Waals surface area contributed by atoms with Crippen LogP contribution in [0.3, 0.4) is 0 Å². The first-order chi connectivity index (χ1) is 9.53. The van der Waals surface area contributed by atoms with Crippen molar-refractivity contribution < 1.29 is 14.3 Å². The second-order valence-electron chi connectivity index (χ2n) is 3.88. The van der Waals surface area contributed by atoms with Gasteiger partial charge >= 0.3 is 5.97 Å². The number of imidazole rings is 1. The molecule has 0 atom stereocenters. The molecule has 108 valence electrons. The zero-order valence-electron chi connectivity index (χ0n) is 12.2. The molecule has 1 rings (SSSR count). The van der Waals surface area contributed by atoms with Crippen LogP contribution in [0.15, 0.2) is 35.9 Å². The molecule has 0 unspecified atom stereocenters. The predicted molar refractivity (Wildman–Crippen MR) is 77.1 cm³/mol. The van der Waals surface area contributed by atoms with E-state index in [0.717, 1.165) is 5.69 Å². The van der Waals surface area contributed by atoms with Crippen LogP contribution in [0.4, 0.5) is 0 Å². The fourth-order valence-electron chi connectivity index (χ4n) is 1.53. The molecular weight excluding hydrogens is 258 g/mol. The van der Waals surface area contributed by atoms with Crippen molar-refractivity contribution in [3.05, 3.63) is 36.6 Å². The first-order valence-corrected chi connectivity index (χ1v) is 6.19. The van der Waals surface area contributed by atoms with Crippen LogP contribution in [0.25, 0.3) is 5.70 Å². The molecule has 0 fully saturated rings. The largest absolute Gasteiger partial charge is 0.479 e. The molecule has 1 aromatic heterocycles. The maximum absolute atomic E-state index is 11.5. The molecule has 0 N–H and O–H groups in total. The Bertz CT molecular complexity index is 556. The molecule has 0 aliphatic carbocycles. The summed E-state index contributed by atoms with van der Waals surface area (Å²) in [5.74, 6) is -0.303. The lowest BCUT2D eigenvalue weighted by atomic mass is 10.3. The fourth-order valence-corrected chi connectivity index (χ4v) is 1.53. The minimum Gasteiger partial charge on any atom is -0.479 e. The molecule has 0 aliphatic rings. The molecule has 0 saturated heterocycles. The molecule has 20 heavy (non-hydrogen) atoms. The van der Waals surface area contributed by atoms with Crippen molar-refractivity contribution in [1.29, 1.82) is 0 Å². The van der Waals surface area contributed by atoms with Gasteiger partial charge in [0.05, 0.1) is 25.7 Å². The number of methoxy groups -OCH3 is 1. The van der Waals surface area contributed by atoms with Gasteiger partial charge < -0.3 is 14.0 Å². The van der Waals surface area contributed by atoms with E-state index in [2.05, 4.69) is 16.6 Å².